The minimum atomic E-state index is -0.439. The molecule has 1 aromatic heterocycles. The lowest BCUT2D eigenvalue weighted by Gasteiger charge is -2.01. The van der Waals surface area contributed by atoms with Crippen molar-refractivity contribution in [2.24, 2.45) is 5.84 Å². The SMILES string of the molecule is NNC(=O)c1csc(-c2cccc(Cl)c2Cl)n1. The van der Waals surface area contributed by atoms with Gasteiger partial charge in [-0.25, -0.2) is 10.8 Å². The second-order valence-corrected chi connectivity index (χ2v) is 4.76. The third kappa shape index (κ3) is 2.42. The molecular weight excluding hydrogens is 281 g/mol. The van der Waals surface area contributed by atoms with E-state index < -0.39 is 5.91 Å². The molecule has 2 aromatic rings. The first-order valence-corrected chi connectivity index (χ1v) is 6.18. The first kappa shape index (κ1) is 12.3. The lowest BCUT2D eigenvalue weighted by molar-refractivity contribution is 0.0949. The van der Waals surface area contributed by atoms with Gasteiger partial charge < -0.3 is 0 Å². The van der Waals surface area contributed by atoms with Gasteiger partial charge in [-0.3, -0.25) is 10.2 Å². The van der Waals surface area contributed by atoms with E-state index in [-0.39, 0.29) is 5.69 Å². The highest BCUT2D eigenvalue weighted by molar-refractivity contribution is 7.13. The first-order valence-electron chi connectivity index (χ1n) is 4.54. The van der Waals surface area contributed by atoms with Crippen molar-refractivity contribution in [3.63, 3.8) is 0 Å². The highest BCUT2D eigenvalue weighted by Crippen LogP contribution is 2.34. The number of aromatic nitrogens is 1. The molecule has 0 aliphatic rings. The van der Waals surface area contributed by atoms with Crippen molar-refractivity contribution in [1.29, 1.82) is 0 Å². The number of nitrogens with two attached hydrogens (primary N) is 1. The number of thiazole rings is 1. The zero-order chi connectivity index (χ0) is 12.4. The third-order valence-electron chi connectivity index (χ3n) is 2.05. The molecule has 1 aromatic carbocycles. The lowest BCUT2D eigenvalue weighted by Crippen LogP contribution is -2.30. The van der Waals surface area contributed by atoms with Crippen LogP contribution in [0.15, 0.2) is 23.6 Å². The van der Waals surface area contributed by atoms with E-state index in [0.717, 1.165) is 0 Å². The number of nitrogens with one attached hydrogen (secondary N) is 1. The Kier molecular flexibility index (Phi) is 3.63. The molecule has 0 aliphatic carbocycles. The molecule has 0 unspecified atom stereocenters. The van der Waals surface area contributed by atoms with E-state index in [9.17, 15) is 4.79 Å². The minimum Gasteiger partial charge on any atom is -0.289 e. The van der Waals surface area contributed by atoms with Crippen molar-refractivity contribution in [3.05, 3.63) is 39.3 Å². The molecule has 2 rings (SSSR count). The van der Waals surface area contributed by atoms with Gasteiger partial charge in [0.2, 0.25) is 0 Å². The topological polar surface area (TPSA) is 68.0 Å². The number of hydrogen-bond donors (Lipinski definition) is 2. The van der Waals surface area contributed by atoms with Crippen LogP contribution >= 0.6 is 34.5 Å². The number of nitrogens with zero attached hydrogens (tertiary/aromatic N) is 1. The first-order chi connectivity index (χ1) is 8.13. The second kappa shape index (κ2) is 5.01. The number of halogens is 2. The fraction of sp³-hybridized carbons (Fsp3) is 0. The lowest BCUT2D eigenvalue weighted by atomic mass is 10.2. The maximum absolute atomic E-state index is 11.3. The summed E-state index contributed by atoms with van der Waals surface area (Å²) in [6.07, 6.45) is 0. The van der Waals surface area contributed by atoms with Crippen LogP contribution in [0, 0.1) is 0 Å². The van der Waals surface area contributed by atoms with E-state index in [0.29, 0.717) is 20.6 Å². The summed E-state index contributed by atoms with van der Waals surface area (Å²) in [4.78, 5) is 15.4. The van der Waals surface area contributed by atoms with Crippen LogP contribution in [0.25, 0.3) is 10.6 Å². The van der Waals surface area contributed by atoms with Crippen molar-refractivity contribution >= 4 is 40.4 Å². The quantitative estimate of drug-likeness (QED) is 0.507. The number of carbonyl (C=O) groups excluding carboxylic acids is 1. The van der Waals surface area contributed by atoms with Crippen LogP contribution in [0.5, 0.6) is 0 Å². The molecule has 1 heterocycles. The van der Waals surface area contributed by atoms with Gasteiger partial charge in [0.1, 0.15) is 10.7 Å². The Hall–Kier alpha value is -1.14. The molecule has 88 valence electrons. The molecule has 0 radical (unpaired) electrons. The third-order valence-corrected chi connectivity index (χ3v) is 3.74. The van der Waals surface area contributed by atoms with Crippen molar-refractivity contribution in [2.45, 2.75) is 0 Å². The molecule has 0 aliphatic heterocycles. The Morgan fingerprint density at radius 3 is 2.88 bits per heavy atom. The predicted molar refractivity (Wildman–Crippen MR) is 69.2 cm³/mol. The summed E-state index contributed by atoms with van der Waals surface area (Å²) in [7, 11) is 0. The highest BCUT2D eigenvalue weighted by atomic mass is 35.5. The molecule has 4 nitrogen and oxygen atoms in total. The standard InChI is InChI=1S/C10H7Cl2N3OS/c11-6-3-1-2-5(8(6)12)10-14-7(4-17-10)9(16)15-13/h1-4H,13H2,(H,15,16). The van der Waals surface area contributed by atoms with Gasteiger partial charge in [-0.05, 0) is 6.07 Å². The summed E-state index contributed by atoms with van der Waals surface area (Å²) in [5.74, 6) is 4.58. The van der Waals surface area contributed by atoms with E-state index in [1.165, 1.54) is 11.3 Å². The van der Waals surface area contributed by atoms with E-state index in [4.69, 9.17) is 29.0 Å². The fourth-order valence-corrected chi connectivity index (χ4v) is 2.52. The van der Waals surface area contributed by atoms with Crippen LogP contribution in [-0.4, -0.2) is 10.9 Å². The van der Waals surface area contributed by atoms with Gasteiger partial charge in [0.05, 0.1) is 10.0 Å². The molecule has 0 fully saturated rings. The molecule has 0 saturated carbocycles. The number of nitrogen functional groups attached to an aromatic ring is 1. The average molecular weight is 288 g/mol. The molecule has 0 atom stereocenters. The molecule has 3 N–H and O–H groups in total. The Balaban J connectivity index is 2.44. The van der Waals surface area contributed by atoms with Gasteiger partial charge in [-0.15, -0.1) is 11.3 Å². The van der Waals surface area contributed by atoms with Crippen LogP contribution < -0.4 is 11.3 Å². The van der Waals surface area contributed by atoms with Gasteiger partial charge in [-0.1, -0.05) is 35.3 Å². The zero-order valence-electron chi connectivity index (χ0n) is 8.41. The molecule has 0 bridgehead atoms. The normalized spacial score (nSPS) is 10.3. The second-order valence-electron chi connectivity index (χ2n) is 3.11. The average Bonchev–Trinajstić information content (AvgIpc) is 2.81. The summed E-state index contributed by atoms with van der Waals surface area (Å²) in [6, 6.07) is 5.25. The van der Waals surface area contributed by atoms with Crippen LogP contribution in [0.1, 0.15) is 10.5 Å². The number of amides is 1. The van der Waals surface area contributed by atoms with Crippen molar-refractivity contribution < 1.29 is 4.79 Å². The molecule has 0 saturated heterocycles. The van der Waals surface area contributed by atoms with Crippen molar-refractivity contribution in [1.82, 2.24) is 10.4 Å². The van der Waals surface area contributed by atoms with E-state index in [1.54, 1.807) is 23.6 Å². The van der Waals surface area contributed by atoms with Crippen molar-refractivity contribution in [2.75, 3.05) is 0 Å². The van der Waals surface area contributed by atoms with Gasteiger partial charge in [0.15, 0.2) is 0 Å². The van der Waals surface area contributed by atoms with Crippen molar-refractivity contribution in [3.8, 4) is 10.6 Å². The molecule has 7 heteroatoms. The molecular formula is C10H7Cl2N3OS. The number of carbonyl (C=O) groups is 1. The molecule has 1 amide bonds. The molecule has 17 heavy (non-hydrogen) atoms. The maximum Gasteiger partial charge on any atom is 0.284 e. The Morgan fingerprint density at radius 1 is 1.41 bits per heavy atom. The van der Waals surface area contributed by atoms with Crippen LogP contribution in [0.3, 0.4) is 0 Å². The van der Waals surface area contributed by atoms with E-state index in [1.807, 2.05) is 5.43 Å². The Morgan fingerprint density at radius 2 is 2.18 bits per heavy atom. The summed E-state index contributed by atoms with van der Waals surface area (Å²) < 4.78 is 0. The monoisotopic (exact) mass is 287 g/mol. The highest BCUT2D eigenvalue weighted by Gasteiger charge is 2.13. The minimum absolute atomic E-state index is 0.253. The summed E-state index contributed by atoms with van der Waals surface area (Å²) in [6.45, 7) is 0. The van der Waals surface area contributed by atoms with Gasteiger partial charge in [0.25, 0.3) is 5.91 Å². The van der Waals surface area contributed by atoms with Crippen LogP contribution in [0.4, 0.5) is 0 Å². The number of hydrazine groups is 1. The number of hydrogen-bond acceptors (Lipinski definition) is 4. The summed E-state index contributed by atoms with van der Waals surface area (Å²) >= 11 is 13.3. The molecule has 0 spiro atoms. The van der Waals surface area contributed by atoms with Gasteiger partial charge >= 0.3 is 0 Å². The summed E-state index contributed by atoms with van der Waals surface area (Å²) in [5, 5.41) is 3.10. The predicted octanol–water partition coefficient (Wildman–Crippen LogP) is 2.72. The number of rotatable bonds is 2. The zero-order valence-corrected chi connectivity index (χ0v) is 10.7. The smallest absolute Gasteiger partial charge is 0.284 e. The van der Waals surface area contributed by atoms with E-state index >= 15 is 0 Å². The van der Waals surface area contributed by atoms with E-state index in [2.05, 4.69) is 4.98 Å². The Labute approximate surface area is 111 Å². The van der Waals surface area contributed by atoms with Gasteiger partial charge in [-0.2, -0.15) is 0 Å². The number of benzene rings is 1. The largest absolute Gasteiger partial charge is 0.289 e. The fourth-order valence-electron chi connectivity index (χ4n) is 1.24. The maximum atomic E-state index is 11.3. The summed E-state index contributed by atoms with van der Waals surface area (Å²) in [5.41, 5.74) is 2.97. The van der Waals surface area contributed by atoms with Crippen LogP contribution in [-0.2, 0) is 0 Å². The van der Waals surface area contributed by atoms with Gasteiger partial charge in [0, 0.05) is 10.9 Å². The van der Waals surface area contributed by atoms with Crippen LogP contribution in [0.2, 0.25) is 10.0 Å². The Bertz CT molecular complexity index is 570.